The van der Waals surface area contributed by atoms with Gasteiger partial charge in [0.2, 0.25) is 0 Å². The minimum absolute atomic E-state index is 0.185. The van der Waals surface area contributed by atoms with Gasteiger partial charge in [-0.1, -0.05) is 0 Å². The molecule has 2 rings (SSSR count). The Kier molecular flexibility index (Phi) is 13.0. The van der Waals surface area contributed by atoms with Crippen molar-refractivity contribution in [3.63, 3.8) is 0 Å². The Balaban J connectivity index is 0. The molecule has 0 saturated carbocycles. The van der Waals surface area contributed by atoms with Crippen LogP contribution in [0.15, 0.2) is 0 Å². The number of Topliss-reactive ketones (excluding diaryl/α,β-unsaturated/α-hetero) is 2. The monoisotopic (exact) mass is 408 g/mol. The number of esters is 2. The van der Waals surface area contributed by atoms with Crippen LogP contribution in [0.1, 0.15) is 41.5 Å². The fraction of sp³-hybridized carbons (Fsp3) is 0.625. The molecule has 0 amide bonds. The number of ether oxygens (including phenoxy) is 4. The largest absolute Gasteiger partial charge is 0.517 e. The highest BCUT2D eigenvalue weighted by Gasteiger charge is 2.31. The second-order valence-corrected chi connectivity index (χ2v) is 5.44. The Morgan fingerprint density at radius 3 is 1.00 bits per heavy atom. The van der Waals surface area contributed by atoms with E-state index in [9.17, 15) is 28.8 Å². The number of ketones is 2. The molecule has 4 atom stereocenters. The third-order valence-corrected chi connectivity index (χ3v) is 2.75. The van der Waals surface area contributed by atoms with Gasteiger partial charge in [0, 0.05) is 0 Å². The summed E-state index contributed by atoms with van der Waals surface area (Å²) in [5.74, 6) is -1.60. The molecule has 2 saturated heterocycles. The number of aliphatic hydroxyl groups excluding tert-OH is 2. The van der Waals surface area contributed by atoms with Gasteiger partial charge in [-0.2, -0.15) is 0 Å². The number of carbonyl (C=O) groups excluding carboxylic acids is 6. The zero-order chi connectivity index (χ0) is 22.6. The van der Waals surface area contributed by atoms with Crippen molar-refractivity contribution >= 4 is 35.8 Å². The molecule has 0 aromatic carbocycles. The van der Waals surface area contributed by atoms with Crippen LogP contribution < -0.4 is 0 Å². The van der Waals surface area contributed by atoms with Gasteiger partial charge in [-0.25, -0.2) is 19.2 Å². The van der Waals surface area contributed by atoms with Gasteiger partial charge in [-0.05, 0) is 41.5 Å². The van der Waals surface area contributed by atoms with Crippen LogP contribution in [-0.4, -0.2) is 70.4 Å². The molecule has 160 valence electrons. The Labute approximate surface area is 160 Å². The van der Waals surface area contributed by atoms with Gasteiger partial charge in [0.1, 0.15) is 12.2 Å². The predicted molar refractivity (Wildman–Crippen MR) is 88.8 cm³/mol. The zero-order valence-electron chi connectivity index (χ0n) is 16.3. The minimum Gasteiger partial charge on any atom is -0.419 e. The topological polar surface area (TPSA) is 180 Å². The SMILES string of the molecule is CC(=O)[C@@H](C)O.CC(=O)[C@H](C)O.C[C@@H]1OC(=O)OC1=O.C[C@H]1OC(=O)OC1=O. The lowest BCUT2D eigenvalue weighted by molar-refractivity contribution is -0.137. The van der Waals surface area contributed by atoms with Gasteiger partial charge in [-0.3, -0.25) is 9.59 Å². The van der Waals surface area contributed by atoms with E-state index < -0.39 is 48.7 Å². The first-order chi connectivity index (χ1) is 12.7. The summed E-state index contributed by atoms with van der Waals surface area (Å²) in [6, 6.07) is 0. The summed E-state index contributed by atoms with van der Waals surface area (Å²) in [4.78, 5) is 60.2. The van der Waals surface area contributed by atoms with Gasteiger partial charge >= 0.3 is 24.2 Å². The summed E-state index contributed by atoms with van der Waals surface area (Å²) in [5.41, 5.74) is 0. The van der Waals surface area contributed by atoms with Gasteiger partial charge in [-0.15, -0.1) is 0 Å². The van der Waals surface area contributed by atoms with E-state index in [0.717, 1.165) is 0 Å². The second-order valence-electron chi connectivity index (χ2n) is 5.44. The summed E-state index contributed by atoms with van der Waals surface area (Å²) in [6.07, 6.45) is -4.81. The number of rotatable bonds is 2. The van der Waals surface area contributed by atoms with Crippen molar-refractivity contribution < 1.29 is 57.9 Å². The van der Waals surface area contributed by atoms with Crippen molar-refractivity contribution in [1.29, 1.82) is 0 Å². The van der Waals surface area contributed by atoms with E-state index in [1.54, 1.807) is 0 Å². The van der Waals surface area contributed by atoms with E-state index in [4.69, 9.17) is 10.2 Å². The number of carbonyl (C=O) groups is 6. The zero-order valence-corrected chi connectivity index (χ0v) is 16.3. The normalized spacial score (nSPS) is 21.6. The first kappa shape index (κ1) is 27.4. The molecule has 12 nitrogen and oxygen atoms in total. The van der Waals surface area contributed by atoms with Crippen LogP contribution in [0.25, 0.3) is 0 Å². The van der Waals surface area contributed by atoms with Gasteiger partial charge in [0.15, 0.2) is 23.8 Å². The molecule has 0 aliphatic carbocycles. The molecule has 2 aliphatic rings. The Morgan fingerprint density at radius 2 is 0.964 bits per heavy atom. The van der Waals surface area contributed by atoms with E-state index >= 15 is 0 Å². The molecule has 0 radical (unpaired) electrons. The van der Waals surface area contributed by atoms with E-state index in [2.05, 4.69) is 18.9 Å². The average molecular weight is 408 g/mol. The Bertz CT molecular complexity index is 540. The Morgan fingerprint density at radius 1 is 0.750 bits per heavy atom. The van der Waals surface area contributed by atoms with Crippen LogP contribution in [0.5, 0.6) is 0 Å². The standard InChI is InChI=1S/2C4H4O4.2C4H8O2/c2*1-2-3(5)8-4(6)7-2;2*1-3(5)4(2)6/h2*2H,1H3;2*3,5H,1-2H3/t2*2-;2*3-/m1010/s1. The lowest BCUT2D eigenvalue weighted by Crippen LogP contribution is -2.10. The van der Waals surface area contributed by atoms with E-state index in [-0.39, 0.29) is 11.6 Å². The maximum absolute atomic E-state index is 10.2. The third kappa shape index (κ3) is 13.4. The molecule has 0 unspecified atom stereocenters. The van der Waals surface area contributed by atoms with Crippen LogP contribution in [0.3, 0.4) is 0 Å². The highest BCUT2D eigenvalue weighted by molar-refractivity contribution is 5.91. The fourth-order valence-electron chi connectivity index (χ4n) is 0.763. The van der Waals surface area contributed by atoms with Crippen LogP contribution in [-0.2, 0) is 38.1 Å². The van der Waals surface area contributed by atoms with Crippen molar-refractivity contribution in [3.05, 3.63) is 0 Å². The van der Waals surface area contributed by atoms with Crippen LogP contribution in [0.2, 0.25) is 0 Å². The molecular formula is C16H24O12. The first-order valence-corrected chi connectivity index (χ1v) is 7.90. The molecule has 2 heterocycles. The molecule has 2 N–H and O–H groups in total. The summed E-state index contributed by atoms with van der Waals surface area (Å²) >= 11 is 0. The second kappa shape index (κ2) is 13.3. The average Bonchev–Trinajstić information content (AvgIpc) is 3.00. The molecule has 12 heteroatoms. The first-order valence-electron chi connectivity index (χ1n) is 7.90. The molecule has 0 bridgehead atoms. The van der Waals surface area contributed by atoms with Crippen LogP contribution in [0, 0.1) is 0 Å². The van der Waals surface area contributed by atoms with Gasteiger partial charge < -0.3 is 29.2 Å². The molecule has 2 aliphatic heterocycles. The molecule has 28 heavy (non-hydrogen) atoms. The summed E-state index contributed by atoms with van der Waals surface area (Å²) < 4.78 is 16.5. The number of cyclic esters (lactones) is 6. The highest BCUT2D eigenvalue weighted by Crippen LogP contribution is 2.06. The van der Waals surface area contributed by atoms with E-state index in [1.165, 1.54) is 41.5 Å². The highest BCUT2D eigenvalue weighted by atomic mass is 16.8. The van der Waals surface area contributed by atoms with Gasteiger partial charge in [0.25, 0.3) is 0 Å². The minimum atomic E-state index is -0.900. The molecular weight excluding hydrogens is 384 g/mol. The molecule has 2 fully saturated rings. The van der Waals surface area contributed by atoms with Crippen LogP contribution in [0.4, 0.5) is 9.59 Å². The van der Waals surface area contributed by atoms with Crippen molar-refractivity contribution in [2.45, 2.75) is 66.0 Å². The fourth-order valence-corrected chi connectivity index (χ4v) is 0.763. The van der Waals surface area contributed by atoms with Crippen molar-refractivity contribution in [2.75, 3.05) is 0 Å². The summed E-state index contributed by atoms with van der Waals surface area (Å²) in [5, 5.41) is 16.6. The van der Waals surface area contributed by atoms with Gasteiger partial charge in [0.05, 0.1) is 0 Å². The molecule has 0 aromatic rings. The maximum Gasteiger partial charge on any atom is 0.517 e. The maximum atomic E-state index is 10.2. The lowest BCUT2D eigenvalue weighted by Gasteiger charge is -1.90. The molecule has 0 aromatic heterocycles. The quantitative estimate of drug-likeness (QED) is 0.463. The number of hydrogen-bond acceptors (Lipinski definition) is 12. The predicted octanol–water partition coefficient (Wildman–Crippen LogP) is 0.0490. The van der Waals surface area contributed by atoms with E-state index in [0.29, 0.717) is 0 Å². The number of aliphatic hydroxyl groups is 2. The lowest BCUT2D eigenvalue weighted by atomic mass is 10.3. The smallest absolute Gasteiger partial charge is 0.419 e. The Hall–Kier alpha value is -2.86. The third-order valence-electron chi connectivity index (χ3n) is 2.75. The van der Waals surface area contributed by atoms with Crippen LogP contribution >= 0.6 is 0 Å². The molecule has 0 spiro atoms. The summed E-state index contributed by atoms with van der Waals surface area (Å²) in [6.45, 7) is 8.50. The van der Waals surface area contributed by atoms with E-state index in [1.807, 2.05) is 0 Å². The van der Waals surface area contributed by atoms with Crippen molar-refractivity contribution in [2.24, 2.45) is 0 Å². The van der Waals surface area contributed by atoms with Crippen molar-refractivity contribution in [3.8, 4) is 0 Å². The number of hydrogen-bond donors (Lipinski definition) is 2. The summed E-state index contributed by atoms with van der Waals surface area (Å²) in [7, 11) is 0. The van der Waals surface area contributed by atoms with Crippen molar-refractivity contribution in [1.82, 2.24) is 0 Å².